The van der Waals surface area contributed by atoms with Gasteiger partial charge in [-0.15, -0.1) is 0 Å². The molecule has 236 valence electrons. The van der Waals surface area contributed by atoms with Gasteiger partial charge in [0.25, 0.3) is 0 Å². The monoisotopic (exact) mass is 884 g/mol. The normalized spacial score (nSPS) is 13.6. The molecule has 0 bridgehead atoms. The van der Waals surface area contributed by atoms with E-state index in [4.69, 9.17) is 4.42 Å². The molecule has 1 aromatic heterocycles. The van der Waals surface area contributed by atoms with Crippen LogP contribution in [0.15, 0.2) is 132 Å². The van der Waals surface area contributed by atoms with Crippen molar-refractivity contribution in [1.29, 1.82) is 0 Å². The number of hydrogen-bond donors (Lipinski definition) is 0. The average molecular weight is 888 g/mol. The van der Waals surface area contributed by atoms with Crippen molar-refractivity contribution in [3.05, 3.63) is 138 Å². The van der Waals surface area contributed by atoms with E-state index in [1.165, 1.54) is 26.9 Å². The van der Waals surface area contributed by atoms with Gasteiger partial charge in [0.2, 0.25) is 11.6 Å². The highest BCUT2D eigenvalue weighted by Crippen LogP contribution is 2.42. The second-order valence-electron chi connectivity index (χ2n) is 11.5. The molecule has 0 amide bonds. The fraction of sp³-hybridized carbons (Fsp3) is 0.0750. The molecule has 0 radical (unpaired) electrons. The summed E-state index contributed by atoms with van der Waals surface area (Å²) in [6, 6.07) is 31.8. The first-order chi connectivity index (χ1) is 23.2. The standard InChI is InChI=1S/C20H10Br2O.C14H6Br2O2.C6H8O/c21-11-5-7-13-16(9-11)17-10-12(22)6-8-14(17)20-19(13)15-3-1-2-4-18(15)23-20;15-7-2-4-10-11(5-7)9-3-1-8(16)6-12(9)14(18)13(10)17;7-6-4-2-1-3-5-6/h1-10H;1-6H;2,4H,1,3,5H2. The summed E-state index contributed by atoms with van der Waals surface area (Å²) >= 11 is 13.9. The molecule has 2 aliphatic carbocycles. The summed E-state index contributed by atoms with van der Waals surface area (Å²) in [5.41, 5.74) is 4.43. The summed E-state index contributed by atoms with van der Waals surface area (Å²) in [7, 11) is 0. The minimum absolute atomic E-state index is 0.284. The maximum atomic E-state index is 12.0. The van der Waals surface area contributed by atoms with Gasteiger partial charge < -0.3 is 4.42 Å². The fourth-order valence-corrected chi connectivity index (χ4v) is 7.65. The summed E-state index contributed by atoms with van der Waals surface area (Å²) in [5.74, 6) is -0.601. The first kappa shape index (κ1) is 32.8. The second kappa shape index (κ2) is 13.7. The van der Waals surface area contributed by atoms with Crippen molar-refractivity contribution < 1.29 is 18.8 Å². The second-order valence-corrected chi connectivity index (χ2v) is 15.1. The van der Waals surface area contributed by atoms with Crippen LogP contribution in [0.2, 0.25) is 0 Å². The highest BCUT2D eigenvalue weighted by atomic mass is 79.9. The van der Waals surface area contributed by atoms with E-state index in [9.17, 15) is 14.4 Å². The van der Waals surface area contributed by atoms with Crippen LogP contribution in [-0.2, 0) is 4.79 Å². The number of benzene rings is 6. The zero-order valence-electron chi connectivity index (χ0n) is 25.2. The number of halogens is 4. The van der Waals surface area contributed by atoms with E-state index in [1.54, 1.807) is 24.3 Å². The molecule has 2 aliphatic rings. The number of allylic oxidation sites excluding steroid dienone is 2. The highest BCUT2D eigenvalue weighted by molar-refractivity contribution is 9.11. The number of carbonyl (C=O) groups excluding carboxylic acids is 3. The molecule has 0 saturated heterocycles. The van der Waals surface area contributed by atoms with E-state index in [1.807, 2.05) is 36.4 Å². The smallest absolute Gasteiger partial charge is 0.234 e. The van der Waals surface area contributed by atoms with Gasteiger partial charge >= 0.3 is 0 Å². The van der Waals surface area contributed by atoms with E-state index in [0.717, 1.165) is 64.8 Å². The van der Waals surface area contributed by atoms with Crippen LogP contribution in [0.1, 0.15) is 40.0 Å². The Morgan fingerprint density at radius 1 is 0.521 bits per heavy atom. The Balaban J connectivity index is 0.000000129. The SMILES string of the molecule is Brc1ccc2c(c1)c1cc(Br)ccc1c1c3ccccc3oc21.O=C1C(=O)c2ccc(Br)cc2-c2ccc(Br)cc21.O=C1C=CCCC1. The molecule has 6 aromatic carbocycles. The van der Waals surface area contributed by atoms with E-state index < -0.39 is 11.6 Å². The Morgan fingerprint density at radius 2 is 1.10 bits per heavy atom. The zero-order valence-corrected chi connectivity index (χ0v) is 31.5. The van der Waals surface area contributed by atoms with Gasteiger partial charge in [-0.25, -0.2) is 0 Å². The predicted octanol–water partition coefficient (Wildman–Crippen LogP) is 13.0. The van der Waals surface area contributed by atoms with Gasteiger partial charge in [0.1, 0.15) is 11.2 Å². The van der Waals surface area contributed by atoms with Gasteiger partial charge in [-0.2, -0.15) is 0 Å². The van der Waals surface area contributed by atoms with Crippen LogP contribution in [0, 0.1) is 0 Å². The van der Waals surface area contributed by atoms with E-state index in [0.29, 0.717) is 11.1 Å². The zero-order chi connectivity index (χ0) is 33.5. The Labute approximate surface area is 309 Å². The van der Waals surface area contributed by atoms with Crippen LogP contribution < -0.4 is 0 Å². The van der Waals surface area contributed by atoms with Crippen molar-refractivity contribution >= 4 is 125 Å². The third-order valence-corrected chi connectivity index (χ3v) is 10.4. The maximum absolute atomic E-state index is 12.0. The number of Topliss-reactive ketones (excluding diaryl/α,β-unsaturated/α-hetero) is 2. The predicted molar refractivity (Wildman–Crippen MR) is 208 cm³/mol. The Morgan fingerprint density at radius 3 is 1.77 bits per heavy atom. The minimum atomic E-state index is -0.443. The minimum Gasteiger partial charge on any atom is -0.455 e. The molecule has 0 N–H and O–H groups in total. The molecule has 0 spiro atoms. The first-order valence-corrected chi connectivity index (χ1v) is 18.4. The molecule has 0 aliphatic heterocycles. The first-order valence-electron chi connectivity index (χ1n) is 15.2. The number of ketones is 3. The fourth-order valence-electron chi connectivity index (χ4n) is 6.21. The van der Waals surface area contributed by atoms with E-state index in [-0.39, 0.29) is 5.78 Å². The molecule has 0 atom stereocenters. The summed E-state index contributed by atoms with van der Waals surface area (Å²) < 4.78 is 10.0. The molecule has 0 fully saturated rings. The number of carbonyl (C=O) groups is 3. The lowest BCUT2D eigenvalue weighted by atomic mass is 9.84. The molecular formula is C40H24Br4O4. The van der Waals surface area contributed by atoms with Gasteiger partial charge in [-0.05, 0) is 113 Å². The molecule has 7 aromatic rings. The van der Waals surface area contributed by atoms with Gasteiger partial charge in [-0.3, -0.25) is 14.4 Å². The molecular weight excluding hydrogens is 864 g/mol. The summed E-state index contributed by atoms with van der Waals surface area (Å²) in [4.78, 5) is 34.4. The Kier molecular flexibility index (Phi) is 9.35. The average Bonchev–Trinajstić information content (AvgIpc) is 3.48. The van der Waals surface area contributed by atoms with Crippen LogP contribution in [-0.4, -0.2) is 17.3 Å². The summed E-state index contributed by atoms with van der Waals surface area (Å²) in [5, 5.41) is 7.15. The van der Waals surface area contributed by atoms with E-state index in [2.05, 4.69) is 112 Å². The van der Waals surface area contributed by atoms with Crippen molar-refractivity contribution in [2.45, 2.75) is 19.3 Å². The van der Waals surface area contributed by atoms with E-state index >= 15 is 0 Å². The topological polar surface area (TPSA) is 64.3 Å². The van der Waals surface area contributed by atoms with Gasteiger partial charge in [0.05, 0.1) is 0 Å². The number of para-hydroxylation sites is 1. The molecule has 1 heterocycles. The van der Waals surface area contributed by atoms with Crippen LogP contribution in [0.5, 0.6) is 0 Å². The number of rotatable bonds is 0. The lowest BCUT2D eigenvalue weighted by Crippen LogP contribution is -2.21. The number of hydrogen-bond acceptors (Lipinski definition) is 4. The maximum Gasteiger partial charge on any atom is 0.234 e. The highest BCUT2D eigenvalue weighted by Gasteiger charge is 2.30. The molecule has 9 rings (SSSR count). The molecule has 4 nitrogen and oxygen atoms in total. The van der Waals surface area contributed by atoms with Gasteiger partial charge in [0, 0.05) is 51.6 Å². The van der Waals surface area contributed by atoms with Crippen LogP contribution >= 0.6 is 63.7 Å². The van der Waals surface area contributed by atoms with Crippen molar-refractivity contribution in [3.63, 3.8) is 0 Å². The molecule has 0 unspecified atom stereocenters. The molecule has 48 heavy (non-hydrogen) atoms. The van der Waals surface area contributed by atoms with Crippen molar-refractivity contribution in [2.24, 2.45) is 0 Å². The molecule has 0 saturated carbocycles. The number of furan rings is 1. The largest absolute Gasteiger partial charge is 0.455 e. The Hall–Kier alpha value is -3.69. The van der Waals surface area contributed by atoms with Crippen molar-refractivity contribution in [1.82, 2.24) is 0 Å². The lowest BCUT2D eigenvalue weighted by molar-refractivity contribution is -0.114. The lowest BCUT2D eigenvalue weighted by Gasteiger charge is -2.18. The van der Waals surface area contributed by atoms with Crippen LogP contribution in [0.4, 0.5) is 0 Å². The van der Waals surface area contributed by atoms with Crippen molar-refractivity contribution in [2.75, 3.05) is 0 Å². The third-order valence-electron chi connectivity index (χ3n) is 8.41. The quantitative estimate of drug-likeness (QED) is 0.112. The van der Waals surface area contributed by atoms with Crippen LogP contribution in [0.3, 0.4) is 0 Å². The van der Waals surface area contributed by atoms with Crippen LogP contribution in [0.25, 0.3) is 54.6 Å². The summed E-state index contributed by atoms with van der Waals surface area (Å²) in [6.07, 6.45) is 6.51. The third kappa shape index (κ3) is 6.27. The number of fused-ring (bicyclic) bond motifs is 11. The van der Waals surface area contributed by atoms with Gasteiger partial charge in [0.15, 0.2) is 5.78 Å². The Bertz CT molecular complexity index is 2490. The summed E-state index contributed by atoms with van der Waals surface area (Å²) in [6.45, 7) is 0. The molecule has 8 heteroatoms. The van der Waals surface area contributed by atoms with Crippen molar-refractivity contribution in [3.8, 4) is 11.1 Å². The van der Waals surface area contributed by atoms with Gasteiger partial charge in [-0.1, -0.05) is 100 Å².